The van der Waals surface area contributed by atoms with Crippen LogP contribution in [0.25, 0.3) is 0 Å². The van der Waals surface area contributed by atoms with Crippen LogP contribution in [0.5, 0.6) is 0 Å². The summed E-state index contributed by atoms with van der Waals surface area (Å²) in [7, 11) is 0. The molecule has 1 fully saturated rings. The zero-order chi connectivity index (χ0) is 10.6. The molecule has 2 rings (SSSR count). The zero-order valence-corrected chi connectivity index (χ0v) is 9.46. The van der Waals surface area contributed by atoms with Gasteiger partial charge in [0.05, 0.1) is 0 Å². The summed E-state index contributed by atoms with van der Waals surface area (Å²) in [6, 6.07) is 11.1. The number of hydrogen-bond donors (Lipinski definition) is 1. The summed E-state index contributed by atoms with van der Waals surface area (Å²) in [6.07, 6.45) is 2.53. The van der Waals surface area contributed by atoms with E-state index >= 15 is 0 Å². The summed E-state index contributed by atoms with van der Waals surface area (Å²) in [4.78, 5) is 0. The highest BCUT2D eigenvalue weighted by molar-refractivity contribution is 5.21. The smallest absolute Gasteiger partial charge is 0.00399 e. The first-order chi connectivity index (χ1) is 6.50. The molecule has 0 unspecified atom stereocenters. The van der Waals surface area contributed by atoms with E-state index in [-0.39, 0.29) is 0 Å². The Bertz CT molecular complexity index is 254. The molecule has 0 saturated heterocycles. The van der Waals surface area contributed by atoms with Gasteiger partial charge in [-0.25, -0.2) is 0 Å². The molecule has 0 radical (unpaired) electrons. The van der Waals surface area contributed by atoms with Crippen LogP contribution in [0.1, 0.15) is 39.2 Å². The van der Waals surface area contributed by atoms with E-state index in [2.05, 4.69) is 51.1 Å². The number of rotatable bonds is 0. The molecule has 0 spiro atoms. The van der Waals surface area contributed by atoms with Gasteiger partial charge >= 0.3 is 0 Å². The van der Waals surface area contributed by atoms with E-state index in [0.717, 1.165) is 0 Å². The van der Waals surface area contributed by atoms with Crippen LogP contribution in [0.2, 0.25) is 0 Å². The molecular formula is C13H21N. The molecule has 1 nitrogen and oxygen atoms in total. The van der Waals surface area contributed by atoms with E-state index < -0.39 is 0 Å². The molecule has 0 bridgehead atoms. The summed E-state index contributed by atoms with van der Waals surface area (Å²) in [5.74, 6) is 0. The van der Waals surface area contributed by atoms with Gasteiger partial charge in [-0.05, 0) is 23.8 Å². The van der Waals surface area contributed by atoms with Crippen LogP contribution in [-0.2, 0) is 5.41 Å². The lowest BCUT2D eigenvalue weighted by Gasteiger charge is -2.18. The second-order valence-corrected chi connectivity index (χ2v) is 4.95. The number of nitrogens with two attached hydrogens (primary N) is 1. The van der Waals surface area contributed by atoms with Crippen molar-refractivity contribution in [3.8, 4) is 0 Å². The Balaban J connectivity index is 0.000000203. The SMILES string of the molecule is CC(C)(C)c1ccccc1.NC1CC1. The van der Waals surface area contributed by atoms with Crippen LogP contribution >= 0.6 is 0 Å². The monoisotopic (exact) mass is 191 g/mol. The molecule has 0 heterocycles. The van der Waals surface area contributed by atoms with Crippen LogP contribution in [0, 0.1) is 0 Å². The molecule has 14 heavy (non-hydrogen) atoms. The molecule has 1 aromatic rings. The van der Waals surface area contributed by atoms with Crippen molar-refractivity contribution in [3.05, 3.63) is 35.9 Å². The largest absolute Gasteiger partial charge is 0.328 e. The normalized spacial score (nSPS) is 15.7. The Hall–Kier alpha value is -0.820. The van der Waals surface area contributed by atoms with E-state index in [1.807, 2.05) is 0 Å². The molecule has 0 atom stereocenters. The molecular weight excluding hydrogens is 170 g/mol. The summed E-state index contributed by atoms with van der Waals surface area (Å²) >= 11 is 0. The third kappa shape index (κ3) is 4.43. The molecule has 1 heteroatoms. The third-order valence-electron chi connectivity index (χ3n) is 2.26. The van der Waals surface area contributed by atoms with Crippen molar-refractivity contribution in [2.45, 2.75) is 45.1 Å². The second-order valence-electron chi connectivity index (χ2n) is 4.95. The van der Waals surface area contributed by atoms with Gasteiger partial charge in [0.2, 0.25) is 0 Å². The fraction of sp³-hybridized carbons (Fsp3) is 0.538. The average Bonchev–Trinajstić information content (AvgIpc) is 2.89. The maximum Gasteiger partial charge on any atom is 0.00399 e. The summed E-state index contributed by atoms with van der Waals surface area (Å²) in [6.45, 7) is 6.67. The second kappa shape index (κ2) is 4.61. The quantitative estimate of drug-likeness (QED) is 0.670. The highest BCUT2D eigenvalue weighted by Crippen LogP contribution is 2.20. The van der Waals surface area contributed by atoms with Crippen LogP contribution in [0.4, 0.5) is 0 Å². The van der Waals surface area contributed by atoms with Crippen LogP contribution < -0.4 is 5.73 Å². The molecule has 1 aliphatic carbocycles. The lowest BCUT2D eigenvalue weighted by molar-refractivity contribution is 0.590. The first-order valence-electron chi connectivity index (χ1n) is 5.31. The van der Waals surface area contributed by atoms with Crippen LogP contribution in [0.15, 0.2) is 30.3 Å². The maximum absolute atomic E-state index is 5.22. The van der Waals surface area contributed by atoms with Gasteiger partial charge in [-0.3, -0.25) is 0 Å². The summed E-state index contributed by atoms with van der Waals surface area (Å²) < 4.78 is 0. The van der Waals surface area contributed by atoms with Gasteiger partial charge in [0, 0.05) is 6.04 Å². The molecule has 0 aromatic heterocycles. The van der Waals surface area contributed by atoms with Crippen LogP contribution in [-0.4, -0.2) is 6.04 Å². The van der Waals surface area contributed by atoms with E-state index in [9.17, 15) is 0 Å². The fourth-order valence-corrected chi connectivity index (χ4v) is 1.03. The first-order valence-corrected chi connectivity index (χ1v) is 5.31. The van der Waals surface area contributed by atoms with Crippen molar-refractivity contribution in [2.75, 3.05) is 0 Å². The van der Waals surface area contributed by atoms with Gasteiger partial charge in [0.15, 0.2) is 0 Å². The van der Waals surface area contributed by atoms with Gasteiger partial charge in [-0.1, -0.05) is 51.1 Å². The topological polar surface area (TPSA) is 26.0 Å². The fourth-order valence-electron chi connectivity index (χ4n) is 1.03. The standard InChI is InChI=1S/C10H14.C3H7N/c1-10(2,3)9-7-5-4-6-8-9;4-3-1-2-3/h4-8H,1-3H3;3H,1-2,4H2. The van der Waals surface area contributed by atoms with Crippen molar-refractivity contribution < 1.29 is 0 Å². The maximum atomic E-state index is 5.22. The molecule has 2 N–H and O–H groups in total. The Morgan fingerprint density at radius 2 is 1.50 bits per heavy atom. The minimum atomic E-state index is 0.293. The Morgan fingerprint density at radius 1 is 1.07 bits per heavy atom. The predicted octanol–water partition coefficient (Wildman–Crippen LogP) is 3.09. The first kappa shape index (κ1) is 11.3. The van der Waals surface area contributed by atoms with E-state index in [1.165, 1.54) is 18.4 Å². The average molecular weight is 191 g/mol. The van der Waals surface area contributed by atoms with E-state index in [4.69, 9.17) is 5.73 Å². The van der Waals surface area contributed by atoms with Crippen molar-refractivity contribution >= 4 is 0 Å². The Morgan fingerprint density at radius 3 is 1.71 bits per heavy atom. The van der Waals surface area contributed by atoms with Gasteiger partial charge in [-0.2, -0.15) is 0 Å². The minimum Gasteiger partial charge on any atom is -0.328 e. The van der Waals surface area contributed by atoms with Gasteiger partial charge in [-0.15, -0.1) is 0 Å². The van der Waals surface area contributed by atoms with Crippen molar-refractivity contribution in [1.29, 1.82) is 0 Å². The summed E-state index contributed by atoms with van der Waals surface area (Å²) in [5.41, 5.74) is 6.91. The Kier molecular flexibility index (Phi) is 3.70. The highest BCUT2D eigenvalue weighted by Gasteiger charge is 2.13. The van der Waals surface area contributed by atoms with E-state index in [0.29, 0.717) is 11.5 Å². The Labute approximate surface area is 87.3 Å². The lowest BCUT2D eigenvalue weighted by Crippen LogP contribution is -2.10. The molecule has 78 valence electrons. The van der Waals surface area contributed by atoms with Gasteiger partial charge < -0.3 is 5.73 Å². The minimum absolute atomic E-state index is 0.293. The molecule has 1 aromatic carbocycles. The summed E-state index contributed by atoms with van der Waals surface area (Å²) in [5, 5.41) is 0. The highest BCUT2D eigenvalue weighted by atomic mass is 14.7. The van der Waals surface area contributed by atoms with Crippen molar-refractivity contribution in [2.24, 2.45) is 5.73 Å². The van der Waals surface area contributed by atoms with Gasteiger partial charge in [0.25, 0.3) is 0 Å². The molecule has 1 saturated carbocycles. The van der Waals surface area contributed by atoms with Crippen molar-refractivity contribution in [1.82, 2.24) is 0 Å². The van der Waals surface area contributed by atoms with E-state index in [1.54, 1.807) is 0 Å². The van der Waals surface area contributed by atoms with Crippen molar-refractivity contribution in [3.63, 3.8) is 0 Å². The number of hydrogen-bond acceptors (Lipinski definition) is 1. The number of benzene rings is 1. The molecule has 1 aliphatic rings. The zero-order valence-electron chi connectivity index (χ0n) is 9.46. The molecule has 0 aliphatic heterocycles. The third-order valence-corrected chi connectivity index (χ3v) is 2.26. The lowest BCUT2D eigenvalue weighted by atomic mass is 9.87. The molecule has 0 amide bonds. The van der Waals surface area contributed by atoms with Crippen LogP contribution in [0.3, 0.4) is 0 Å². The van der Waals surface area contributed by atoms with Gasteiger partial charge in [0.1, 0.15) is 0 Å². The predicted molar refractivity (Wildman–Crippen MR) is 62.4 cm³/mol.